The van der Waals surface area contributed by atoms with Crippen LogP contribution in [-0.4, -0.2) is 39.4 Å². The largest absolute Gasteiger partial charge is 0.493 e. The van der Waals surface area contributed by atoms with Crippen LogP contribution in [0.2, 0.25) is 0 Å². The van der Waals surface area contributed by atoms with E-state index in [0.29, 0.717) is 29.5 Å². The summed E-state index contributed by atoms with van der Waals surface area (Å²) in [6.45, 7) is 0.785. The van der Waals surface area contributed by atoms with E-state index in [-0.39, 0.29) is 12.5 Å². The molecule has 0 radical (unpaired) electrons. The van der Waals surface area contributed by atoms with Crippen molar-refractivity contribution in [3.63, 3.8) is 0 Å². The fourth-order valence-corrected chi connectivity index (χ4v) is 2.80. The van der Waals surface area contributed by atoms with Crippen molar-refractivity contribution >= 4 is 5.91 Å². The summed E-state index contributed by atoms with van der Waals surface area (Å²) < 4.78 is 21.8. The van der Waals surface area contributed by atoms with Gasteiger partial charge in [-0.15, -0.1) is 0 Å². The minimum Gasteiger partial charge on any atom is -0.493 e. The highest BCUT2D eigenvalue weighted by Gasteiger charge is 2.26. The minimum absolute atomic E-state index is 0.160. The van der Waals surface area contributed by atoms with Crippen LogP contribution >= 0.6 is 0 Å². The number of fused-ring (bicyclic) bond motifs is 1. The zero-order valence-electron chi connectivity index (χ0n) is 15.0. The van der Waals surface area contributed by atoms with Gasteiger partial charge < -0.3 is 24.3 Å². The molecule has 0 saturated carbocycles. The van der Waals surface area contributed by atoms with Gasteiger partial charge in [-0.25, -0.2) is 0 Å². The van der Waals surface area contributed by atoms with Gasteiger partial charge in [-0.1, -0.05) is 18.2 Å². The Hall–Kier alpha value is -2.89. The lowest BCUT2D eigenvalue weighted by Gasteiger charge is -2.25. The normalized spacial score (nSPS) is 15.2. The molecule has 0 fully saturated rings. The number of amides is 1. The molecule has 1 atom stereocenters. The van der Waals surface area contributed by atoms with Gasteiger partial charge in [0.1, 0.15) is 6.61 Å². The summed E-state index contributed by atoms with van der Waals surface area (Å²) in [4.78, 5) is 12.3. The first-order valence-corrected chi connectivity index (χ1v) is 8.58. The molecule has 3 rings (SSSR count). The lowest BCUT2D eigenvalue weighted by atomic mass is 10.1. The topological polar surface area (TPSA) is 66.0 Å². The maximum absolute atomic E-state index is 12.3. The summed E-state index contributed by atoms with van der Waals surface area (Å²) in [6.07, 6.45) is 1.02. The minimum atomic E-state index is -0.619. The Morgan fingerprint density at radius 2 is 1.88 bits per heavy atom. The molecule has 1 aliphatic heterocycles. The van der Waals surface area contributed by atoms with E-state index in [4.69, 9.17) is 18.9 Å². The molecular weight excluding hydrogens is 334 g/mol. The van der Waals surface area contributed by atoms with Gasteiger partial charge >= 0.3 is 0 Å². The number of ether oxygens (including phenoxy) is 4. The number of carbonyl (C=O) groups excluding carboxylic acids is 1. The van der Waals surface area contributed by atoms with Crippen molar-refractivity contribution in [2.45, 2.75) is 18.9 Å². The highest BCUT2D eigenvalue weighted by molar-refractivity contribution is 5.81. The van der Waals surface area contributed by atoms with E-state index in [2.05, 4.69) is 5.32 Å². The smallest absolute Gasteiger partial charge is 0.264 e. The predicted molar refractivity (Wildman–Crippen MR) is 97.2 cm³/mol. The summed E-state index contributed by atoms with van der Waals surface area (Å²) in [5.41, 5.74) is 1.13. The second kappa shape index (κ2) is 8.47. The molecule has 0 unspecified atom stereocenters. The Morgan fingerprint density at radius 1 is 1.12 bits per heavy atom. The molecule has 26 heavy (non-hydrogen) atoms. The number of carbonyl (C=O) groups is 1. The Balaban J connectivity index is 1.45. The molecule has 0 saturated heterocycles. The van der Waals surface area contributed by atoms with Crippen LogP contribution in [0.3, 0.4) is 0 Å². The summed E-state index contributed by atoms with van der Waals surface area (Å²) >= 11 is 0. The molecule has 0 bridgehead atoms. The van der Waals surface area contributed by atoms with Crippen molar-refractivity contribution in [2.24, 2.45) is 0 Å². The highest BCUT2D eigenvalue weighted by atomic mass is 16.6. The Morgan fingerprint density at radius 3 is 2.65 bits per heavy atom. The lowest BCUT2D eigenvalue weighted by Crippen LogP contribution is -2.44. The van der Waals surface area contributed by atoms with Crippen molar-refractivity contribution in [3.8, 4) is 23.0 Å². The fourth-order valence-electron chi connectivity index (χ4n) is 2.80. The SMILES string of the molecule is COc1ccc(CCCNC(=O)[C@H]2COc3ccccc3O2)cc1OC. The second-order valence-corrected chi connectivity index (χ2v) is 5.95. The molecule has 2 aromatic carbocycles. The maximum atomic E-state index is 12.3. The summed E-state index contributed by atoms with van der Waals surface area (Å²) in [7, 11) is 3.23. The lowest BCUT2D eigenvalue weighted by molar-refractivity contribution is -0.130. The van der Waals surface area contributed by atoms with E-state index < -0.39 is 6.10 Å². The van der Waals surface area contributed by atoms with E-state index in [1.54, 1.807) is 20.3 Å². The number of hydrogen-bond acceptors (Lipinski definition) is 5. The van der Waals surface area contributed by atoms with Crippen LogP contribution in [0.15, 0.2) is 42.5 Å². The number of rotatable bonds is 7. The zero-order chi connectivity index (χ0) is 18.4. The van der Waals surface area contributed by atoms with Gasteiger partial charge in [0, 0.05) is 6.54 Å². The number of hydrogen-bond donors (Lipinski definition) is 1. The van der Waals surface area contributed by atoms with E-state index in [1.807, 2.05) is 36.4 Å². The molecule has 6 nitrogen and oxygen atoms in total. The molecule has 0 aromatic heterocycles. The Kier molecular flexibility index (Phi) is 5.84. The molecule has 1 aliphatic rings. The van der Waals surface area contributed by atoms with Crippen molar-refractivity contribution in [3.05, 3.63) is 48.0 Å². The summed E-state index contributed by atoms with van der Waals surface area (Å²) in [5, 5.41) is 2.90. The van der Waals surface area contributed by atoms with Gasteiger partial charge in [0.05, 0.1) is 14.2 Å². The molecule has 138 valence electrons. The van der Waals surface area contributed by atoms with Crippen molar-refractivity contribution in [2.75, 3.05) is 27.4 Å². The maximum Gasteiger partial charge on any atom is 0.264 e. The first kappa shape index (κ1) is 17.9. The summed E-state index contributed by atoms with van der Waals surface area (Å²) in [5.74, 6) is 2.53. The van der Waals surface area contributed by atoms with Crippen LogP contribution in [-0.2, 0) is 11.2 Å². The molecule has 6 heteroatoms. The van der Waals surface area contributed by atoms with Crippen LogP contribution in [0.1, 0.15) is 12.0 Å². The third-order valence-corrected chi connectivity index (χ3v) is 4.19. The Bertz CT molecular complexity index is 762. The fraction of sp³-hybridized carbons (Fsp3) is 0.350. The number of nitrogens with one attached hydrogen (secondary N) is 1. The molecule has 0 spiro atoms. The van der Waals surface area contributed by atoms with Gasteiger partial charge in [-0.3, -0.25) is 4.79 Å². The zero-order valence-corrected chi connectivity index (χ0v) is 15.0. The average Bonchev–Trinajstić information content (AvgIpc) is 2.70. The van der Waals surface area contributed by atoms with Crippen LogP contribution < -0.4 is 24.3 Å². The molecule has 0 aliphatic carbocycles. The quantitative estimate of drug-likeness (QED) is 0.772. The van der Waals surface area contributed by atoms with Crippen molar-refractivity contribution < 1.29 is 23.7 Å². The van der Waals surface area contributed by atoms with Crippen LogP contribution in [0.4, 0.5) is 0 Å². The standard InChI is InChI=1S/C20H23NO5/c1-23-15-10-9-14(12-18(15)24-2)6-5-11-21-20(22)19-13-25-16-7-3-4-8-17(16)26-19/h3-4,7-10,12,19H,5-6,11,13H2,1-2H3,(H,21,22)/t19-/m1/s1. The van der Waals surface area contributed by atoms with Crippen LogP contribution in [0.25, 0.3) is 0 Å². The number of methoxy groups -OCH3 is 2. The van der Waals surface area contributed by atoms with Gasteiger partial charge in [-0.05, 0) is 42.7 Å². The van der Waals surface area contributed by atoms with Crippen LogP contribution in [0, 0.1) is 0 Å². The predicted octanol–water partition coefficient (Wildman–Crippen LogP) is 2.59. The van der Waals surface area contributed by atoms with E-state index in [0.717, 1.165) is 18.4 Å². The molecule has 1 amide bonds. The van der Waals surface area contributed by atoms with Gasteiger partial charge in [-0.2, -0.15) is 0 Å². The van der Waals surface area contributed by atoms with Gasteiger partial charge in [0.2, 0.25) is 6.10 Å². The first-order chi connectivity index (χ1) is 12.7. The van der Waals surface area contributed by atoms with Gasteiger partial charge in [0.25, 0.3) is 5.91 Å². The van der Waals surface area contributed by atoms with E-state index >= 15 is 0 Å². The first-order valence-electron chi connectivity index (χ1n) is 8.58. The average molecular weight is 357 g/mol. The number of benzene rings is 2. The number of para-hydroxylation sites is 2. The van der Waals surface area contributed by atoms with E-state index in [9.17, 15) is 4.79 Å². The Labute approximate surface area is 153 Å². The second-order valence-electron chi connectivity index (χ2n) is 5.95. The number of aryl methyl sites for hydroxylation is 1. The molecule has 2 aromatic rings. The molecule has 1 N–H and O–H groups in total. The summed E-state index contributed by atoms with van der Waals surface area (Å²) in [6, 6.07) is 13.2. The van der Waals surface area contributed by atoms with Gasteiger partial charge in [0.15, 0.2) is 23.0 Å². The van der Waals surface area contributed by atoms with Crippen molar-refractivity contribution in [1.29, 1.82) is 0 Å². The monoisotopic (exact) mass is 357 g/mol. The molecule has 1 heterocycles. The highest BCUT2D eigenvalue weighted by Crippen LogP contribution is 2.31. The van der Waals surface area contributed by atoms with E-state index in [1.165, 1.54) is 0 Å². The third kappa shape index (κ3) is 4.20. The van der Waals surface area contributed by atoms with Crippen molar-refractivity contribution in [1.82, 2.24) is 5.32 Å². The van der Waals surface area contributed by atoms with Crippen LogP contribution in [0.5, 0.6) is 23.0 Å². The molecular formula is C20H23NO5. The third-order valence-electron chi connectivity index (χ3n) is 4.19.